The molecule has 0 radical (unpaired) electrons. The number of rotatable bonds is 5. The summed E-state index contributed by atoms with van der Waals surface area (Å²) in [6, 6.07) is 12.3. The third kappa shape index (κ3) is 4.67. The van der Waals surface area contributed by atoms with Gasteiger partial charge in [-0.05, 0) is 50.1 Å². The summed E-state index contributed by atoms with van der Waals surface area (Å²) in [7, 11) is 0. The van der Waals surface area contributed by atoms with E-state index in [4.69, 9.17) is 39.8 Å². The van der Waals surface area contributed by atoms with Crippen LogP contribution < -0.4 is 5.32 Å². The number of aliphatic hydroxyl groups excluding tert-OH is 1. The number of carbonyl (C=O) groups excluding carboxylic acids is 1. The van der Waals surface area contributed by atoms with Crippen LogP contribution in [-0.2, 0) is 6.54 Å². The SMILES string of the molecule is CCn1c(C(=O)N[C@@H]2CCCC[C@@H]2O)nc(-c2ccc(Cl)cc2Cl)c1-c1ccc(Cl)cc1. The first-order valence-electron chi connectivity index (χ1n) is 10.7. The average molecular weight is 493 g/mol. The van der Waals surface area contributed by atoms with Gasteiger partial charge in [0.05, 0.1) is 28.6 Å². The minimum absolute atomic E-state index is 0.274. The van der Waals surface area contributed by atoms with E-state index in [2.05, 4.69) is 5.32 Å². The highest BCUT2D eigenvalue weighted by atomic mass is 35.5. The maximum atomic E-state index is 13.3. The zero-order valence-corrected chi connectivity index (χ0v) is 19.9. The summed E-state index contributed by atoms with van der Waals surface area (Å²) in [6.07, 6.45) is 2.84. The number of nitrogens with zero attached hydrogens (tertiary/aromatic N) is 2. The standard InChI is InChI=1S/C24H24Cl3N3O2/c1-2-30-22(14-7-9-15(25)10-8-14)21(17-12-11-16(26)13-18(17)27)29-23(30)24(32)28-19-5-3-4-6-20(19)31/h7-13,19-20,31H,2-6H2,1H3,(H,28,32)/t19-,20+/m1/s1. The molecule has 1 heterocycles. The second-order valence-corrected chi connectivity index (χ2v) is 9.22. The number of hydrogen-bond acceptors (Lipinski definition) is 3. The second-order valence-electron chi connectivity index (χ2n) is 7.94. The van der Waals surface area contributed by atoms with Crippen LogP contribution >= 0.6 is 34.8 Å². The molecule has 0 saturated heterocycles. The van der Waals surface area contributed by atoms with Gasteiger partial charge >= 0.3 is 0 Å². The van der Waals surface area contributed by atoms with Crippen molar-refractivity contribution in [1.82, 2.24) is 14.9 Å². The van der Waals surface area contributed by atoms with Gasteiger partial charge in [-0.1, -0.05) is 59.8 Å². The van der Waals surface area contributed by atoms with Crippen molar-refractivity contribution in [2.45, 2.75) is 51.3 Å². The number of halogens is 3. The predicted molar refractivity (Wildman–Crippen MR) is 130 cm³/mol. The molecule has 32 heavy (non-hydrogen) atoms. The van der Waals surface area contributed by atoms with E-state index in [-0.39, 0.29) is 17.8 Å². The van der Waals surface area contributed by atoms with E-state index in [9.17, 15) is 9.90 Å². The number of imidazole rings is 1. The fraction of sp³-hybridized carbons (Fsp3) is 0.333. The molecule has 1 fully saturated rings. The lowest BCUT2D eigenvalue weighted by Crippen LogP contribution is -2.45. The fourth-order valence-corrected chi connectivity index (χ4v) is 4.84. The Hall–Kier alpha value is -2.05. The van der Waals surface area contributed by atoms with Crippen molar-refractivity contribution in [3.8, 4) is 22.5 Å². The Morgan fingerprint density at radius 1 is 1.09 bits per heavy atom. The monoisotopic (exact) mass is 491 g/mol. The molecule has 4 rings (SSSR count). The quantitative estimate of drug-likeness (QED) is 0.443. The van der Waals surface area contributed by atoms with Gasteiger partial charge < -0.3 is 15.0 Å². The second kappa shape index (κ2) is 9.84. The molecule has 5 nitrogen and oxygen atoms in total. The summed E-state index contributed by atoms with van der Waals surface area (Å²) >= 11 is 18.7. The molecule has 1 aliphatic carbocycles. The number of nitrogens with one attached hydrogen (secondary N) is 1. The number of aromatic nitrogens is 2. The number of carbonyl (C=O) groups is 1. The Morgan fingerprint density at radius 2 is 1.78 bits per heavy atom. The van der Waals surface area contributed by atoms with Gasteiger partial charge in [0.25, 0.3) is 5.91 Å². The molecule has 0 aliphatic heterocycles. The summed E-state index contributed by atoms with van der Waals surface area (Å²) in [4.78, 5) is 18.0. The van der Waals surface area contributed by atoms with Gasteiger partial charge in [-0.25, -0.2) is 4.98 Å². The van der Waals surface area contributed by atoms with Gasteiger partial charge in [0, 0.05) is 27.7 Å². The van der Waals surface area contributed by atoms with Gasteiger partial charge in [-0.3, -0.25) is 4.79 Å². The van der Waals surface area contributed by atoms with Gasteiger partial charge in [0.2, 0.25) is 0 Å². The van der Waals surface area contributed by atoms with Crippen molar-refractivity contribution in [2.75, 3.05) is 0 Å². The molecule has 3 aromatic rings. The van der Waals surface area contributed by atoms with Crippen molar-refractivity contribution in [3.63, 3.8) is 0 Å². The highest BCUT2D eigenvalue weighted by molar-refractivity contribution is 6.36. The largest absolute Gasteiger partial charge is 0.391 e. The molecule has 0 bridgehead atoms. The molecule has 2 aromatic carbocycles. The first-order valence-corrected chi connectivity index (χ1v) is 11.8. The molecule has 0 unspecified atom stereocenters. The molecule has 1 aliphatic rings. The van der Waals surface area contributed by atoms with Crippen LogP contribution in [0.5, 0.6) is 0 Å². The lowest BCUT2D eigenvalue weighted by Gasteiger charge is -2.28. The zero-order valence-electron chi connectivity index (χ0n) is 17.6. The van der Waals surface area contributed by atoms with Gasteiger partial charge in [0.1, 0.15) is 0 Å². The smallest absolute Gasteiger partial charge is 0.287 e. The molecule has 168 valence electrons. The maximum Gasteiger partial charge on any atom is 0.287 e. The first kappa shape index (κ1) is 23.1. The molecular weight excluding hydrogens is 469 g/mol. The Bertz CT molecular complexity index is 1130. The first-order chi connectivity index (χ1) is 15.4. The number of aliphatic hydroxyl groups is 1. The van der Waals surface area contributed by atoms with Crippen molar-refractivity contribution in [1.29, 1.82) is 0 Å². The molecule has 1 aromatic heterocycles. The molecule has 1 saturated carbocycles. The topological polar surface area (TPSA) is 67.2 Å². The normalized spacial score (nSPS) is 18.5. The number of benzene rings is 2. The zero-order chi connectivity index (χ0) is 22.8. The minimum atomic E-state index is -0.543. The average Bonchev–Trinajstić information content (AvgIpc) is 3.15. The summed E-state index contributed by atoms with van der Waals surface area (Å²) < 4.78 is 1.87. The Balaban J connectivity index is 1.84. The van der Waals surface area contributed by atoms with Crippen LogP contribution in [0.4, 0.5) is 0 Å². The number of amides is 1. The third-order valence-corrected chi connectivity index (χ3v) is 6.64. The molecular formula is C24H24Cl3N3O2. The van der Waals surface area contributed by atoms with E-state index < -0.39 is 6.10 Å². The Morgan fingerprint density at radius 3 is 2.44 bits per heavy atom. The highest BCUT2D eigenvalue weighted by Gasteiger charge is 2.29. The Kier molecular flexibility index (Phi) is 7.11. The van der Waals surface area contributed by atoms with E-state index in [1.165, 1.54) is 0 Å². The summed E-state index contributed by atoms with van der Waals surface area (Å²) in [5, 5.41) is 14.9. The maximum absolute atomic E-state index is 13.3. The van der Waals surface area contributed by atoms with E-state index in [1.807, 2.05) is 23.6 Å². The van der Waals surface area contributed by atoms with Gasteiger partial charge in [-0.15, -0.1) is 0 Å². The lowest BCUT2D eigenvalue weighted by atomic mass is 9.92. The molecule has 1 amide bonds. The van der Waals surface area contributed by atoms with E-state index in [1.54, 1.807) is 30.3 Å². The lowest BCUT2D eigenvalue weighted by molar-refractivity contribution is 0.0707. The van der Waals surface area contributed by atoms with Crippen molar-refractivity contribution in [2.24, 2.45) is 0 Å². The van der Waals surface area contributed by atoms with Crippen molar-refractivity contribution >= 4 is 40.7 Å². The summed E-state index contributed by atoms with van der Waals surface area (Å²) in [5.74, 6) is -0.0411. The molecule has 8 heteroatoms. The van der Waals surface area contributed by atoms with Crippen LogP contribution in [0.15, 0.2) is 42.5 Å². The van der Waals surface area contributed by atoms with E-state index in [0.717, 1.165) is 30.5 Å². The minimum Gasteiger partial charge on any atom is -0.391 e. The molecule has 2 atom stereocenters. The van der Waals surface area contributed by atoms with Crippen LogP contribution in [0.3, 0.4) is 0 Å². The molecule has 2 N–H and O–H groups in total. The number of hydrogen-bond donors (Lipinski definition) is 2. The van der Waals surface area contributed by atoms with E-state index in [0.29, 0.717) is 39.3 Å². The van der Waals surface area contributed by atoms with Crippen LogP contribution in [0, 0.1) is 0 Å². The van der Waals surface area contributed by atoms with E-state index >= 15 is 0 Å². The van der Waals surface area contributed by atoms with Crippen LogP contribution in [0.2, 0.25) is 15.1 Å². The highest BCUT2D eigenvalue weighted by Crippen LogP contribution is 2.38. The van der Waals surface area contributed by atoms with Crippen LogP contribution in [-0.4, -0.2) is 32.7 Å². The molecule has 0 spiro atoms. The van der Waals surface area contributed by atoms with Crippen molar-refractivity contribution in [3.05, 3.63) is 63.4 Å². The predicted octanol–water partition coefficient (Wildman–Crippen LogP) is 6.23. The summed E-state index contributed by atoms with van der Waals surface area (Å²) in [6.45, 7) is 2.48. The van der Waals surface area contributed by atoms with Crippen LogP contribution in [0.1, 0.15) is 43.2 Å². The van der Waals surface area contributed by atoms with Gasteiger partial charge in [0.15, 0.2) is 5.82 Å². The van der Waals surface area contributed by atoms with Gasteiger partial charge in [-0.2, -0.15) is 0 Å². The fourth-order valence-electron chi connectivity index (χ4n) is 4.22. The summed E-state index contributed by atoms with van der Waals surface area (Å²) in [5.41, 5.74) is 2.90. The van der Waals surface area contributed by atoms with Crippen LogP contribution in [0.25, 0.3) is 22.5 Å². The Labute approximate surface area is 202 Å². The third-order valence-electron chi connectivity index (χ3n) is 5.84. The van der Waals surface area contributed by atoms with Crippen molar-refractivity contribution < 1.29 is 9.90 Å².